The van der Waals surface area contributed by atoms with Crippen molar-refractivity contribution in [1.82, 2.24) is 20.3 Å². The van der Waals surface area contributed by atoms with Crippen molar-refractivity contribution >= 4 is 0 Å². The first-order valence-electron chi connectivity index (χ1n) is 7.07. The Bertz CT molecular complexity index is 537. The van der Waals surface area contributed by atoms with E-state index in [0.29, 0.717) is 13.2 Å². The normalized spacial score (nSPS) is 11.0. The van der Waals surface area contributed by atoms with Gasteiger partial charge in [-0.25, -0.2) is 4.68 Å². The third kappa shape index (κ3) is 4.84. The molecule has 0 aliphatic rings. The summed E-state index contributed by atoms with van der Waals surface area (Å²) < 4.78 is 12.4. The van der Waals surface area contributed by atoms with Crippen molar-refractivity contribution in [1.29, 1.82) is 0 Å². The predicted octanol–water partition coefficient (Wildman–Crippen LogP) is 1.79. The SMILES string of the molecule is COCCNCc1cn(-c2ccc(OC(C)C)cc2)nn1. The highest BCUT2D eigenvalue weighted by Gasteiger charge is 2.03. The summed E-state index contributed by atoms with van der Waals surface area (Å²) in [5, 5.41) is 11.5. The van der Waals surface area contributed by atoms with E-state index in [1.807, 2.05) is 44.3 Å². The number of methoxy groups -OCH3 is 1. The number of aromatic nitrogens is 3. The lowest BCUT2D eigenvalue weighted by molar-refractivity contribution is 0.199. The predicted molar refractivity (Wildman–Crippen MR) is 80.7 cm³/mol. The van der Waals surface area contributed by atoms with E-state index in [1.165, 1.54) is 0 Å². The Hall–Kier alpha value is -1.92. The molecule has 1 aromatic carbocycles. The van der Waals surface area contributed by atoms with Crippen molar-refractivity contribution in [2.24, 2.45) is 0 Å². The van der Waals surface area contributed by atoms with Gasteiger partial charge < -0.3 is 14.8 Å². The molecule has 2 rings (SSSR count). The lowest BCUT2D eigenvalue weighted by atomic mass is 10.3. The van der Waals surface area contributed by atoms with Gasteiger partial charge in [-0.1, -0.05) is 5.21 Å². The van der Waals surface area contributed by atoms with Gasteiger partial charge in [0.25, 0.3) is 0 Å². The highest BCUT2D eigenvalue weighted by molar-refractivity contribution is 5.36. The molecule has 0 fully saturated rings. The number of hydrogen-bond donors (Lipinski definition) is 1. The lowest BCUT2D eigenvalue weighted by Crippen LogP contribution is -2.18. The summed E-state index contributed by atoms with van der Waals surface area (Å²) in [6, 6.07) is 7.81. The Kier molecular flexibility index (Phi) is 5.71. The monoisotopic (exact) mass is 290 g/mol. The number of nitrogens with one attached hydrogen (secondary N) is 1. The Morgan fingerprint density at radius 3 is 2.67 bits per heavy atom. The first-order chi connectivity index (χ1) is 10.2. The maximum Gasteiger partial charge on any atom is 0.119 e. The molecule has 0 unspecified atom stereocenters. The fourth-order valence-corrected chi connectivity index (χ4v) is 1.85. The molecule has 1 N–H and O–H groups in total. The van der Waals surface area contributed by atoms with E-state index in [0.717, 1.165) is 23.7 Å². The molecular weight excluding hydrogens is 268 g/mol. The molecule has 6 nitrogen and oxygen atoms in total. The molecule has 114 valence electrons. The standard InChI is InChI=1S/C15H22N4O2/c1-12(2)21-15-6-4-14(5-7-15)19-11-13(17-18-19)10-16-8-9-20-3/h4-7,11-12,16H,8-10H2,1-3H3. The van der Waals surface area contributed by atoms with E-state index in [-0.39, 0.29) is 6.10 Å². The minimum Gasteiger partial charge on any atom is -0.491 e. The van der Waals surface area contributed by atoms with Gasteiger partial charge in [0.2, 0.25) is 0 Å². The summed E-state index contributed by atoms with van der Waals surface area (Å²) in [6.07, 6.45) is 2.09. The number of ether oxygens (including phenoxy) is 2. The summed E-state index contributed by atoms with van der Waals surface area (Å²) in [7, 11) is 1.69. The van der Waals surface area contributed by atoms with Crippen LogP contribution in [0.5, 0.6) is 5.75 Å². The molecule has 0 radical (unpaired) electrons. The molecule has 0 spiro atoms. The number of rotatable bonds is 8. The van der Waals surface area contributed by atoms with Gasteiger partial charge in [0.15, 0.2) is 0 Å². The van der Waals surface area contributed by atoms with Crippen LogP contribution in [0.4, 0.5) is 0 Å². The molecule has 6 heteroatoms. The van der Waals surface area contributed by atoms with Crippen molar-refractivity contribution in [2.45, 2.75) is 26.5 Å². The average molecular weight is 290 g/mol. The highest BCUT2D eigenvalue weighted by Crippen LogP contribution is 2.16. The van der Waals surface area contributed by atoms with Gasteiger partial charge >= 0.3 is 0 Å². The fourth-order valence-electron chi connectivity index (χ4n) is 1.85. The van der Waals surface area contributed by atoms with Crippen LogP contribution in [0.15, 0.2) is 30.5 Å². The highest BCUT2D eigenvalue weighted by atomic mass is 16.5. The molecular formula is C15H22N4O2. The van der Waals surface area contributed by atoms with Gasteiger partial charge in [-0.2, -0.15) is 0 Å². The molecule has 0 atom stereocenters. The topological polar surface area (TPSA) is 61.2 Å². The summed E-state index contributed by atoms with van der Waals surface area (Å²) in [5.74, 6) is 0.857. The minimum atomic E-state index is 0.173. The first-order valence-corrected chi connectivity index (χ1v) is 7.07. The molecule has 0 aliphatic carbocycles. The van der Waals surface area contributed by atoms with Crippen LogP contribution in [0.2, 0.25) is 0 Å². The zero-order valence-electron chi connectivity index (χ0n) is 12.7. The Morgan fingerprint density at radius 1 is 1.24 bits per heavy atom. The van der Waals surface area contributed by atoms with Gasteiger partial charge in [-0.3, -0.25) is 0 Å². The third-order valence-electron chi connectivity index (χ3n) is 2.80. The van der Waals surface area contributed by atoms with E-state index in [4.69, 9.17) is 9.47 Å². The van der Waals surface area contributed by atoms with Crippen LogP contribution >= 0.6 is 0 Å². The van der Waals surface area contributed by atoms with Crippen molar-refractivity contribution in [3.63, 3.8) is 0 Å². The van der Waals surface area contributed by atoms with Crippen LogP contribution in [0, 0.1) is 0 Å². The quantitative estimate of drug-likeness (QED) is 0.751. The van der Waals surface area contributed by atoms with Crippen molar-refractivity contribution in [2.75, 3.05) is 20.3 Å². The van der Waals surface area contributed by atoms with Crippen LogP contribution < -0.4 is 10.1 Å². The molecule has 0 amide bonds. The molecule has 0 saturated heterocycles. The Labute approximate surface area is 125 Å². The van der Waals surface area contributed by atoms with E-state index >= 15 is 0 Å². The summed E-state index contributed by atoms with van der Waals surface area (Å²) >= 11 is 0. The first kappa shape index (κ1) is 15.5. The molecule has 2 aromatic rings. The van der Waals surface area contributed by atoms with Crippen LogP contribution in [-0.2, 0) is 11.3 Å². The Balaban J connectivity index is 1.94. The van der Waals surface area contributed by atoms with Gasteiger partial charge in [0.05, 0.1) is 30.3 Å². The zero-order valence-corrected chi connectivity index (χ0v) is 12.7. The van der Waals surface area contributed by atoms with E-state index in [1.54, 1.807) is 11.8 Å². The molecule has 21 heavy (non-hydrogen) atoms. The lowest BCUT2D eigenvalue weighted by Gasteiger charge is -2.09. The number of hydrogen-bond acceptors (Lipinski definition) is 5. The van der Waals surface area contributed by atoms with E-state index in [9.17, 15) is 0 Å². The van der Waals surface area contributed by atoms with Crippen LogP contribution in [0.25, 0.3) is 5.69 Å². The third-order valence-corrected chi connectivity index (χ3v) is 2.80. The van der Waals surface area contributed by atoms with E-state index < -0.39 is 0 Å². The second-order valence-electron chi connectivity index (χ2n) is 4.98. The summed E-state index contributed by atoms with van der Waals surface area (Å²) in [6.45, 7) is 6.18. The van der Waals surface area contributed by atoms with E-state index in [2.05, 4.69) is 15.6 Å². The summed E-state index contributed by atoms with van der Waals surface area (Å²) in [5.41, 5.74) is 1.86. The average Bonchev–Trinajstić information content (AvgIpc) is 2.93. The second kappa shape index (κ2) is 7.75. The molecule has 1 aromatic heterocycles. The van der Waals surface area contributed by atoms with Gasteiger partial charge in [0.1, 0.15) is 5.75 Å². The fraction of sp³-hybridized carbons (Fsp3) is 0.467. The maximum atomic E-state index is 5.62. The Morgan fingerprint density at radius 2 is 2.00 bits per heavy atom. The largest absolute Gasteiger partial charge is 0.491 e. The number of nitrogens with zero attached hydrogens (tertiary/aromatic N) is 3. The molecule has 0 bridgehead atoms. The van der Waals surface area contributed by atoms with Crippen molar-refractivity contribution < 1.29 is 9.47 Å². The maximum absolute atomic E-state index is 5.62. The number of benzene rings is 1. The zero-order chi connectivity index (χ0) is 15.1. The van der Waals surface area contributed by atoms with Gasteiger partial charge in [0, 0.05) is 20.2 Å². The molecule has 0 aliphatic heterocycles. The van der Waals surface area contributed by atoms with Crippen LogP contribution in [-0.4, -0.2) is 41.4 Å². The van der Waals surface area contributed by atoms with Crippen molar-refractivity contribution in [3.05, 3.63) is 36.2 Å². The van der Waals surface area contributed by atoms with Gasteiger partial charge in [-0.15, -0.1) is 5.10 Å². The minimum absolute atomic E-state index is 0.173. The summed E-state index contributed by atoms with van der Waals surface area (Å²) in [4.78, 5) is 0. The van der Waals surface area contributed by atoms with Crippen molar-refractivity contribution in [3.8, 4) is 11.4 Å². The van der Waals surface area contributed by atoms with Crippen LogP contribution in [0.3, 0.4) is 0 Å². The second-order valence-corrected chi connectivity index (χ2v) is 4.98. The molecule has 0 saturated carbocycles. The molecule has 1 heterocycles. The van der Waals surface area contributed by atoms with Crippen LogP contribution in [0.1, 0.15) is 19.5 Å². The smallest absolute Gasteiger partial charge is 0.119 e. The van der Waals surface area contributed by atoms with Gasteiger partial charge in [-0.05, 0) is 38.1 Å².